The first-order valence-corrected chi connectivity index (χ1v) is 14.7. The van der Waals surface area contributed by atoms with E-state index in [9.17, 15) is 18.0 Å². The van der Waals surface area contributed by atoms with Crippen LogP contribution in [0.2, 0.25) is 0 Å². The number of carbonyl (C=O) groups is 1. The van der Waals surface area contributed by atoms with E-state index in [1.165, 1.54) is 6.07 Å². The van der Waals surface area contributed by atoms with Crippen LogP contribution in [0.5, 0.6) is 5.75 Å². The molecule has 1 aromatic heterocycles. The molecule has 1 saturated heterocycles. The highest BCUT2D eigenvalue weighted by Crippen LogP contribution is 2.35. The minimum atomic E-state index is -4.45. The highest BCUT2D eigenvalue weighted by atomic mass is 19.4. The molecule has 3 aromatic rings. The van der Waals surface area contributed by atoms with Gasteiger partial charge in [-0.25, -0.2) is 9.78 Å². The summed E-state index contributed by atoms with van der Waals surface area (Å²) in [5.41, 5.74) is 10.2. The van der Waals surface area contributed by atoms with Crippen molar-refractivity contribution in [3.8, 4) is 16.9 Å². The molecule has 0 radical (unpaired) electrons. The molecule has 7 nitrogen and oxygen atoms in total. The van der Waals surface area contributed by atoms with Crippen molar-refractivity contribution in [2.24, 2.45) is 5.92 Å². The van der Waals surface area contributed by atoms with E-state index in [4.69, 9.17) is 15.2 Å². The van der Waals surface area contributed by atoms with Crippen molar-refractivity contribution in [1.29, 1.82) is 0 Å². The van der Waals surface area contributed by atoms with Crippen LogP contribution >= 0.6 is 0 Å². The highest BCUT2D eigenvalue weighted by molar-refractivity contribution is 5.73. The van der Waals surface area contributed by atoms with Crippen LogP contribution < -0.4 is 10.5 Å². The van der Waals surface area contributed by atoms with Gasteiger partial charge in [0, 0.05) is 36.1 Å². The number of carbonyl (C=O) groups excluding carboxylic acids is 1. The monoisotopic (exact) mass is 610 g/mol. The average Bonchev–Trinajstić information content (AvgIpc) is 2.96. The Morgan fingerprint density at radius 3 is 2.36 bits per heavy atom. The van der Waals surface area contributed by atoms with E-state index >= 15 is 0 Å². The van der Waals surface area contributed by atoms with Crippen LogP contribution in [-0.2, 0) is 10.9 Å². The number of anilines is 1. The first-order valence-electron chi connectivity index (χ1n) is 14.7. The summed E-state index contributed by atoms with van der Waals surface area (Å²) < 4.78 is 51.1. The molecule has 236 valence electrons. The number of alkyl halides is 3. The molecule has 1 aliphatic rings. The van der Waals surface area contributed by atoms with Gasteiger partial charge in [0.1, 0.15) is 6.10 Å². The van der Waals surface area contributed by atoms with Crippen molar-refractivity contribution in [3.05, 3.63) is 83.6 Å². The molecule has 3 atom stereocenters. The zero-order valence-corrected chi connectivity index (χ0v) is 26.1. The Labute approximate surface area is 257 Å². The maximum atomic E-state index is 13.2. The maximum absolute atomic E-state index is 13.2. The number of benzene rings is 2. The zero-order chi connectivity index (χ0) is 32.3. The summed E-state index contributed by atoms with van der Waals surface area (Å²) >= 11 is 0. The van der Waals surface area contributed by atoms with Crippen molar-refractivity contribution in [2.75, 3.05) is 25.4 Å². The third kappa shape index (κ3) is 7.46. The molecule has 44 heavy (non-hydrogen) atoms. The van der Waals surface area contributed by atoms with Crippen LogP contribution in [0.4, 0.5) is 23.8 Å². The number of aromatic nitrogens is 1. The van der Waals surface area contributed by atoms with E-state index in [2.05, 4.69) is 16.5 Å². The molecule has 0 bridgehead atoms. The largest absolute Gasteiger partial charge is 0.482 e. The molecule has 2 aromatic carbocycles. The number of halogens is 3. The number of ether oxygens (including phenoxy) is 2. The van der Waals surface area contributed by atoms with Gasteiger partial charge in [0.25, 0.3) is 0 Å². The van der Waals surface area contributed by atoms with Crippen molar-refractivity contribution in [2.45, 2.75) is 65.9 Å². The van der Waals surface area contributed by atoms with Crippen molar-refractivity contribution < 1.29 is 27.4 Å². The smallest absolute Gasteiger partial charge is 0.416 e. The van der Waals surface area contributed by atoms with Crippen LogP contribution in [0.25, 0.3) is 16.8 Å². The number of pyridine rings is 1. The standard InChI is InChI=1S/C34H41F3N4O3/c1-20(2)19-43-33(42)41-22(4)17-40(18-23(41)5)24(6)30-12-11-27(13-21(30)3)28-15-31(32(38)39-16-28)44-25(7)26-9-8-10-29(14-26)34(35,36)37/h8-16,20,22-23,25H,6,17-19H2,1-5,7H3,(H2,38,39). The molecular formula is C34H41F3N4O3. The lowest BCUT2D eigenvalue weighted by Crippen LogP contribution is -2.58. The van der Waals surface area contributed by atoms with Crippen LogP contribution in [0.1, 0.15) is 63.0 Å². The lowest BCUT2D eigenvalue weighted by molar-refractivity contribution is -0.137. The molecule has 1 amide bonds. The van der Waals surface area contributed by atoms with Gasteiger partial charge in [-0.15, -0.1) is 0 Å². The summed E-state index contributed by atoms with van der Waals surface area (Å²) in [6, 6.07) is 12.7. The van der Waals surface area contributed by atoms with Gasteiger partial charge in [-0.1, -0.05) is 50.8 Å². The Kier molecular flexibility index (Phi) is 9.81. The number of nitrogens with zero attached hydrogens (tertiary/aromatic N) is 3. The topological polar surface area (TPSA) is 80.9 Å². The fourth-order valence-electron chi connectivity index (χ4n) is 5.49. The molecule has 0 spiro atoms. The number of nitrogens with two attached hydrogens (primary N) is 1. The van der Waals surface area contributed by atoms with Crippen molar-refractivity contribution in [3.63, 3.8) is 0 Å². The molecule has 0 saturated carbocycles. The van der Waals surface area contributed by atoms with Gasteiger partial charge in [0.05, 0.1) is 24.3 Å². The second-order valence-electron chi connectivity index (χ2n) is 11.9. The summed E-state index contributed by atoms with van der Waals surface area (Å²) in [6.45, 7) is 17.8. The minimum Gasteiger partial charge on any atom is -0.482 e. The summed E-state index contributed by atoms with van der Waals surface area (Å²) in [7, 11) is 0. The van der Waals surface area contributed by atoms with E-state index < -0.39 is 17.8 Å². The SMILES string of the molecule is C=C(c1ccc(-c2cnc(N)c(OC(C)c3cccc(C(F)(F)F)c3)c2)cc1C)N1CC(C)N(C(=O)OCC(C)C)C(C)C1. The van der Waals surface area contributed by atoms with E-state index in [-0.39, 0.29) is 35.7 Å². The van der Waals surface area contributed by atoms with Crippen LogP contribution in [0, 0.1) is 12.8 Å². The van der Waals surface area contributed by atoms with Gasteiger partial charge >= 0.3 is 12.3 Å². The normalized spacial score (nSPS) is 17.9. The lowest BCUT2D eigenvalue weighted by Gasteiger charge is -2.45. The highest BCUT2D eigenvalue weighted by Gasteiger charge is 2.35. The van der Waals surface area contributed by atoms with Gasteiger partial charge in [-0.3, -0.25) is 4.90 Å². The molecule has 10 heteroatoms. The molecule has 0 aliphatic carbocycles. The Hall–Kier alpha value is -4.21. The number of rotatable bonds is 8. The number of nitrogen functional groups attached to an aromatic ring is 1. The van der Waals surface area contributed by atoms with Crippen LogP contribution in [0.3, 0.4) is 0 Å². The van der Waals surface area contributed by atoms with Gasteiger partial charge in [-0.05, 0) is 68.5 Å². The van der Waals surface area contributed by atoms with Gasteiger partial charge < -0.3 is 20.1 Å². The first kappa shape index (κ1) is 32.7. The first-order chi connectivity index (χ1) is 20.6. The number of hydrogen-bond donors (Lipinski definition) is 1. The number of hydrogen-bond acceptors (Lipinski definition) is 6. The van der Waals surface area contributed by atoms with E-state index in [1.807, 2.05) is 57.7 Å². The molecular weight excluding hydrogens is 569 g/mol. The third-order valence-corrected chi connectivity index (χ3v) is 7.79. The zero-order valence-electron chi connectivity index (χ0n) is 26.1. The van der Waals surface area contributed by atoms with Crippen LogP contribution in [-0.4, -0.2) is 52.7 Å². The fourth-order valence-corrected chi connectivity index (χ4v) is 5.49. The molecule has 1 fully saturated rings. The second kappa shape index (κ2) is 13.2. The van der Waals surface area contributed by atoms with Gasteiger partial charge in [-0.2, -0.15) is 13.2 Å². The van der Waals surface area contributed by atoms with Gasteiger partial charge in [0.2, 0.25) is 0 Å². The predicted octanol–water partition coefficient (Wildman–Crippen LogP) is 7.96. The molecule has 2 N–H and O–H groups in total. The van der Waals surface area contributed by atoms with Crippen molar-refractivity contribution in [1.82, 2.24) is 14.8 Å². The summed E-state index contributed by atoms with van der Waals surface area (Å²) in [6.07, 6.45) is -3.78. The molecule has 3 unspecified atom stereocenters. The second-order valence-corrected chi connectivity index (χ2v) is 11.9. The minimum absolute atomic E-state index is 0.0488. The molecule has 4 rings (SSSR count). The van der Waals surface area contributed by atoms with Crippen LogP contribution in [0.15, 0.2) is 61.3 Å². The predicted molar refractivity (Wildman–Crippen MR) is 167 cm³/mol. The lowest BCUT2D eigenvalue weighted by atomic mass is 9.97. The van der Waals surface area contributed by atoms with E-state index in [0.717, 1.165) is 40.1 Å². The number of piperazine rings is 1. The summed E-state index contributed by atoms with van der Waals surface area (Å²) in [5, 5.41) is 0. The summed E-state index contributed by atoms with van der Waals surface area (Å²) in [4.78, 5) is 21.0. The Morgan fingerprint density at radius 1 is 1.07 bits per heavy atom. The van der Waals surface area contributed by atoms with E-state index in [1.54, 1.807) is 25.3 Å². The van der Waals surface area contributed by atoms with Crippen molar-refractivity contribution >= 4 is 17.6 Å². The Bertz CT molecular complexity index is 1500. The quantitative estimate of drug-likeness (QED) is 0.279. The average molecular weight is 611 g/mol. The Morgan fingerprint density at radius 2 is 1.75 bits per heavy atom. The summed E-state index contributed by atoms with van der Waals surface area (Å²) in [5.74, 6) is 0.698. The van der Waals surface area contributed by atoms with E-state index in [0.29, 0.717) is 25.3 Å². The van der Waals surface area contributed by atoms with Gasteiger partial charge in [0.15, 0.2) is 11.6 Å². The molecule has 2 heterocycles. The fraction of sp³-hybridized carbons (Fsp3) is 0.412. The maximum Gasteiger partial charge on any atom is 0.416 e. The third-order valence-electron chi connectivity index (χ3n) is 7.79. The number of aryl methyl sites for hydroxylation is 1. The number of amides is 1. The Balaban J connectivity index is 1.48. The molecule has 1 aliphatic heterocycles.